The molecule has 2 aromatic carbocycles. The summed E-state index contributed by atoms with van der Waals surface area (Å²) in [4.78, 5) is 22.6. The number of ether oxygens (including phenoxy) is 1. The number of amides is 1. The number of benzene rings is 2. The summed E-state index contributed by atoms with van der Waals surface area (Å²) in [5, 5.41) is 11.6. The molecule has 5 heteroatoms. The van der Waals surface area contributed by atoms with Crippen molar-refractivity contribution in [3.63, 3.8) is 0 Å². The van der Waals surface area contributed by atoms with Crippen LogP contribution in [0.1, 0.15) is 27.0 Å². The second kappa shape index (κ2) is 8.15. The number of rotatable bonds is 7. The van der Waals surface area contributed by atoms with Gasteiger partial charge in [-0.2, -0.15) is 0 Å². The molecule has 0 fully saturated rings. The molecule has 24 heavy (non-hydrogen) atoms. The van der Waals surface area contributed by atoms with Gasteiger partial charge in [0.25, 0.3) is 5.91 Å². The molecule has 126 valence electrons. The number of aromatic carboxylic acids is 1. The molecule has 1 amide bonds. The predicted molar refractivity (Wildman–Crippen MR) is 91.5 cm³/mol. The van der Waals surface area contributed by atoms with E-state index in [1.807, 2.05) is 32.0 Å². The van der Waals surface area contributed by atoms with Gasteiger partial charge in [-0.25, -0.2) is 4.79 Å². The van der Waals surface area contributed by atoms with Crippen LogP contribution in [0.3, 0.4) is 0 Å². The van der Waals surface area contributed by atoms with Crippen LogP contribution in [0.5, 0.6) is 5.75 Å². The van der Waals surface area contributed by atoms with E-state index in [0.29, 0.717) is 18.7 Å². The van der Waals surface area contributed by atoms with E-state index in [1.165, 1.54) is 0 Å². The van der Waals surface area contributed by atoms with Crippen LogP contribution in [-0.4, -0.2) is 30.1 Å². The predicted octanol–water partition coefficient (Wildman–Crippen LogP) is 2.74. The lowest BCUT2D eigenvalue weighted by atomic mass is 10.1. The van der Waals surface area contributed by atoms with Crippen molar-refractivity contribution in [1.82, 2.24) is 5.32 Å². The highest BCUT2D eigenvalue weighted by Gasteiger charge is 2.05. The Kier molecular flexibility index (Phi) is 5.95. The average Bonchev–Trinajstić information content (AvgIpc) is 2.54. The first-order valence-corrected chi connectivity index (χ1v) is 7.74. The Hall–Kier alpha value is -2.82. The van der Waals surface area contributed by atoms with E-state index in [9.17, 15) is 9.59 Å². The van der Waals surface area contributed by atoms with Crippen molar-refractivity contribution in [2.24, 2.45) is 0 Å². The fraction of sp³-hybridized carbons (Fsp3) is 0.263. The molecule has 0 spiro atoms. The standard InChI is InChI=1S/C19H21NO4/c1-13-3-8-17(14(2)11-13)24-12-18(21)20-10-9-15-4-6-16(7-5-15)19(22)23/h3-8,11H,9-10,12H2,1-2H3,(H,20,21)(H,22,23). The Labute approximate surface area is 141 Å². The molecule has 0 bridgehead atoms. The lowest BCUT2D eigenvalue weighted by molar-refractivity contribution is -0.123. The van der Waals surface area contributed by atoms with Crippen molar-refractivity contribution >= 4 is 11.9 Å². The molecule has 0 saturated carbocycles. The minimum atomic E-state index is -0.946. The van der Waals surface area contributed by atoms with Crippen LogP contribution in [0.4, 0.5) is 0 Å². The van der Waals surface area contributed by atoms with Gasteiger partial charge >= 0.3 is 5.97 Å². The molecule has 0 saturated heterocycles. The fourth-order valence-corrected chi connectivity index (χ4v) is 2.32. The van der Waals surface area contributed by atoms with E-state index in [4.69, 9.17) is 9.84 Å². The molecule has 0 atom stereocenters. The third-order valence-electron chi connectivity index (χ3n) is 3.63. The summed E-state index contributed by atoms with van der Waals surface area (Å²) in [7, 11) is 0. The monoisotopic (exact) mass is 327 g/mol. The van der Waals surface area contributed by atoms with Gasteiger partial charge in [0.15, 0.2) is 6.61 Å². The Bertz CT molecular complexity index is 723. The van der Waals surface area contributed by atoms with E-state index < -0.39 is 5.97 Å². The van der Waals surface area contributed by atoms with Crippen LogP contribution in [0, 0.1) is 13.8 Å². The summed E-state index contributed by atoms with van der Waals surface area (Å²) in [6, 6.07) is 12.4. The van der Waals surface area contributed by atoms with E-state index in [2.05, 4.69) is 5.32 Å². The third-order valence-corrected chi connectivity index (χ3v) is 3.63. The maximum absolute atomic E-state index is 11.8. The number of hydrogen-bond donors (Lipinski definition) is 2. The summed E-state index contributed by atoms with van der Waals surface area (Å²) in [5.74, 6) is -0.421. The van der Waals surface area contributed by atoms with Crippen molar-refractivity contribution in [3.8, 4) is 5.75 Å². The van der Waals surface area contributed by atoms with Crippen LogP contribution in [-0.2, 0) is 11.2 Å². The summed E-state index contributed by atoms with van der Waals surface area (Å²) < 4.78 is 5.52. The van der Waals surface area contributed by atoms with Crippen molar-refractivity contribution in [3.05, 3.63) is 64.7 Å². The van der Waals surface area contributed by atoms with Crippen LogP contribution in [0.2, 0.25) is 0 Å². The Balaban J connectivity index is 1.74. The highest BCUT2D eigenvalue weighted by Crippen LogP contribution is 2.18. The molecular formula is C19H21NO4. The van der Waals surface area contributed by atoms with Gasteiger partial charge in [-0.3, -0.25) is 4.79 Å². The van der Waals surface area contributed by atoms with Gasteiger partial charge in [0.05, 0.1) is 5.56 Å². The van der Waals surface area contributed by atoms with Crippen LogP contribution < -0.4 is 10.1 Å². The van der Waals surface area contributed by atoms with Crippen molar-refractivity contribution in [2.75, 3.05) is 13.2 Å². The number of carboxylic acid groups (broad SMARTS) is 1. The summed E-state index contributed by atoms with van der Waals surface area (Å²) >= 11 is 0. The van der Waals surface area contributed by atoms with Crippen LogP contribution in [0.15, 0.2) is 42.5 Å². The third kappa shape index (κ3) is 5.12. The molecule has 5 nitrogen and oxygen atoms in total. The lowest BCUT2D eigenvalue weighted by Crippen LogP contribution is -2.30. The highest BCUT2D eigenvalue weighted by molar-refractivity contribution is 5.87. The Morgan fingerprint density at radius 3 is 2.42 bits per heavy atom. The van der Waals surface area contributed by atoms with Gasteiger partial charge < -0.3 is 15.2 Å². The molecule has 2 rings (SSSR count). The molecule has 0 heterocycles. The first-order chi connectivity index (χ1) is 11.5. The smallest absolute Gasteiger partial charge is 0.335 e. The largest absolute Gasteiger partial charge is 0.484 e. The highest BCUT2D eigenvalue weighted by atomic mass is 16.5. The van der Waals surface area contributed by atoms with Gasteiger partial charge in [-0.15, -0.1) is 0 Å². The SMILES string of the molecule is Cc1ccc(OCC(=O)NCCc2ccc(C(=O)O)cc2)c(C)c1. The van der Waals surface area contributed by atoms with E-state index in [-0.39, 0.29) is 18.1 Å². The van der Waals surface area contributed by atoms with E-state index in [1.54, 1.807) is 24.3 Å². The van der Waals surface area contributed by atoms with E-state index in [0.717, 1.165) is 16.7 Å². The molecule has 2 aromatic rings. The van der Waals surface area contributed by atoms with Gasteiger partial charge in [0, 0.05) is 6.54 Å². The summed E-state index contributed by atoms with van der Waals surface area (Å²) in [6.07, 6.45) is 0.634. The number of carbonyl (C=O) groups is 2. The summed E-state index contributed by atoms with van der Waals surface area (Å²) in [5.41, 5.74) is 3.37. The average molecular weight is 327 g/mol. The van der Waals surface area contributed by atoms with Gasteiger partial charge in [-0.05, 0) is 49.6 Å². The topological polar surface area (TPSA) is 75.6 Å². The Morgan fingerprint density at radius 2 is 1.79 bits per heavy atom. The van der Waals surface area contributed by atoms with Crippen molar-refractivity contribution < 1.29 is 19.4 Å². The molecular weight excluding hydrogens is 306 g/mol. The lowest BCUT2D eigenvalue weighted by Gasteiger charge is -2.10. The number of aryl methyl sites for hydroxylation is 2. The zero-order valence-corrected chi connectivity index (χ0v) is 13.8. The Morgan fingerprint density at radius 1 is 1.08 bits per heavy atom. The molecule has 0 aliphatic carbocycles. The number of carbonyl (C=O) groups excluding carboxylic acids is 1. The van der Waals surface area contributed by atoms with Crippen LogP contribution >= 0.6 is 0 Å². The van der Waals surface area contributed by atoms with Gasteiger partial charge in [-0.1, -0.05) is 29.8 Å². The quantitative estimate of drug-likeness (QED) is 0.820. The fourth-order valence-electron chi connectivity index (χ4n) is 2.32. The summed E-state index contributed by atoms with van der Waals surface area (Å²) in [6.45, 7) is 4.40. The van der Waals surface area contributed by atoms with Crippen molar-refractivity contribution in [1.29, 1.82) is 0 Å². The van der Waals surface area contributed by atoms with Crippen molar-refractivity contribution in [2.45, 2.75) is 20.3 Å². The molecule has 0 aliphatic heterocycles. The van der Waals surface area contributed by atoms with Crippen LogP contribution in [0.25, 0.3) is 0 Å². The van der Waals surface area contributed by atoms with Gasteiger partial charge in [0.2, 0.25) is 0 Å². The van der Waals surface area contributed by atoms with Gasteiger partial charge in [0.1, 0.15) is 5.75 Å². The van der Waals surface area contributed by atoms with E-state index >= 15 is 0 Å². The molecule has 0 aromatic heterocycles. The second-order valence-corrected chi connectivity index (χ2v) is 5.66. The number of carboxylic acids is 1. The molecule has 0 radical (unpaired) electrons. The zero-order valence-electron chi connectivity index (χ0n) is 13.8. The normalized spacial score (nSPS) is 10.2. The number of nitrogens with one attached hydrogen (secondary N) is 1. The minimum absolute atomic E-state index is 0.0259. The first kappa shape index (κ1) is 17.5. The zero-order chi connectivity index (χ0) is 17.5. The first-order valence-electron chi connectivity index (χ1n) is 7.74. The maximum atomic E-state index is 11.8. The molecule has 0 unspecified atom stereocenters. The molecule has 0 aliphatic rings. The maximum Gasteiger partial charge on any atom is 0.335 e. The number of hydrogen-bond acceptors (Lipinski definition) is 3. The second-order valence-electron chi connectivity index (χ2n) is 5.66. The minimum Gasteiger partial charge on any atom is -0.484 e. The molecule has 2 N–H and O–H groups in total.